The van der Waals surface area contributed by atoms with Gasteiger partial charge in [0, 0.05) is 23.9 Å². The quantitative estimate of drug-likeness (QED) is 0.312. The van der Waals surface area contributed by atoms with Crippen LogP contribution in [0.5, 0.6) is 0 Å². The van der Waals surface area contributed by atoms with Gasteiger partial charge >= 0.3 is 0 Å². The van der Waals surface area contributed by atoms with Crippen molar-refractivity contribution >= 4 is 5.91 Å². The van der Waals surface area contributed by atoms with Crippen LogP contribution >= 0.6 is 0 Å². The smallest absolute Gasteiger partial charge is 0.223 e. The maximum atomic E-state index is 11.5. The van der Waals surface area contributed by atoms with E-state index in [1.54, 1.807) is 0 Å². The summed E-state index contributed by atoms with van der Waals surface area (Å²) in [5.74, 6) is 2.04. The van der Waals surface area contributed by atoms with Gasteiger partial charge in [0.05, 0.1) is 0 Å². The van der Waals surface area contributed by atoms with Gasteiger partial charge in [-0.05, 0) is 36.6 Å². The average Bonchev–Trinajstić information content (AvgIpc) is 2.80. The molecule has 2 unspecified atom stereocenters. The largest absolute Gasteiger partial charge is 0.356 e. The first-order valence-corrected chi connectivity index (χ1v) is 5.10. The zero-order valence-corrected chi connectivity index (χ0v) is 8.02. The van der Waals surface area contributed by atoms with Crippen molar-refractivity contribution in [2.75, 3.05) is 13.1 Å². The molecule has 76 valence electrons. The maximum Gasteiger partial charge on any atom is 0.223 e. The Kier molecular flexibility index (Phi) is 2.59. The Bertz CT molecular complexity index is 275. The SMILES string of the molecule is [N-]=[N+]=NCCNC(=O)C1CC2CC2C1. The lowest BCUT2D eigenvalue weighted by molar-refractivity contribution is -0.125. The zero-order chi connectivity index (χ0) is 9.97. The van der Waals surface area contributed by atoms with E-state index >= 15 is 0 Å². The van der Waals surface area contributed by atoms with Gasteiger partial charge in [-0.3, -0.25) is 4.79 Å². The Morgan fingerprint density at radius 2 is 2.14 bits per heavy atom. The molecule has 1 amide bonds. The maximum absolute atomic E-state index is 11.5. The summed E-state index contributed by atoms with van der Waals surface area (Å²) in [4.78, 5) is 14.2. The molecule has 0 aromatic heterocycles. The predicted octanol–water partition coefficient (Wildman–Crippen LogP) is 1.46. The van der Waals surface area contributed by atoms with E-state index in [2.05, 4.69) is 15.3 Å². The first kappa shape index (κ1) is 9.34. The lowest BCUT2D eigenvalue weighted by Gasteiger charge is -2.10. The number of hydrogen-bond acceptors (Lipinski definition) is 2. The van der Waals surface area contributed by atoms with E-state index in [-0.39, 0.29) is 11.8 Å². The minimum absolute atomic E-state index is 0.144. The summed E-state index contributed by atoms with van der Waals surface area (Å²) in [7, 11) is 0. The summed E-state index contributed by atoms with van der Waals surface area (Å²) in [5, 5.41) is 6.16. The molecule has 1 N–H and O–H groups in total. The fourth-order valence-corrected chi connectivity index (χ4v) is 2.35. The van der Waals surface area contributed by atoms with Gasteiger partial charge in [0.25, 0.3) is 0 Å². The number of nitrogens with one attached hydrogen (secondary N) is 1. The van der Waals surface area contributed by atoms with E-state index in [0.29, 0.717) is 13.1 Å². The number of fused-ring (bicyclic) bond motifs is 1. The molecule has 2 aliphatic carbocycles. The van der Waals surface area contributed by atoms with Crippen LogP contribution in [0.2, 0.25) is 0 Å². The van der Waals surface area contributed by atoms with Gasteiger partial charge in [0.15, 0.2) is 0 Å². The second kappa shape index (κ2) is 3.88. The monoisotopic (exact) mass is 194 g/mol. The van der Waals surface area contributed by atoms with Gasteiger partial charge in [-0.25, -0.2) is 0 Å². The summed E-state index contributed by atoms with van der Waals surface area (Å²) in [6.07, 6.45) is 3.47. The van der Waals surface area contributed by atoms with Crippen molar-refractivity contribution in [3.63, 3.8) is 0 Å². The summed E-state index contributed by atoms with van der Waals surface area (Å²) in [6.45, 7) is 0.816. The average molecular weight is 194 g/mol. The summed E-state index contributed by atoms with van der Waals surface area (Å²) >= 11 is 0. The minimum atomic E-state index is 0.144. The van der Waals surface area contributed by atoms with Gasteiger partial charge in [0.1, 0.15) is 0 Å². The number of amides is 1. The molecule has 0 spiro atoms. The molecule has 0 aromatic rings. The van der Waals surface area contributed by atoms with Crippen molar-refractivity contribution in [2.45, 2.75) is 19.3 Å². The molecule has 2 saturated carbocycles. The third-order valence-electron chi connectivity index (χ3n) is 3.19. The Hall–Kier alpha value is -1.22. The highest BCUT2D eigenvalue weighted by Crippen LogP contribution is 2.54. The molecule has 0 radical (unpaired) electrons. The number of azide groups is 1. The van der Waals surface area contributed by atoms with E-state index < -0.39 is 0 Å². The topological polar surface area (TPSA) is 77.9 Å². The van der Waals surface area contributed by atoms with Gasteiger partial charge < -0.3 is 5.32 Å². The van der Waals surface area contributed by atoms with Crippen molar-refractivity contribution in [3.8, 4) is 0 Å². The third kappa shape index (κ3) is 1.99. The van der Waals surface area contributed by atoms with Crippen LogP contribution in [0, 0.1) is 17.8 Å². The molecule has 0 heterocycles. The number of carbonyl (C=O) groups is 1. The van der Waals surface area contributed by atoms with E-state index in [1.165, 1.54) is 6.42 Å². The highest BCUT2D eigenvalue weighted by Gasteiger charge is 2.47. The molecule has 5 nitrogen and oxygen atoms in total. The summed E-state index contributed by atoms with van der Waals surface area (Å²) < 4.78 is 0. The van der Waals surface area contributed by atoms with Crippen molar-refractivity contribution in [3.05, 3.63) is 10.4 Å². The highest BCUT2D eigenvalue weighted by atomic mass is 16.1. The fourth-order valence-electron chi connectivity index (χ4n) is 2.35. The van der Waals surface area contributed by atoms with Crippen molar-refractivity contribution in [1.29, 1.82) is 0 Å². The number of nitrogens with zero attached hydrogens (tertiary/aromatic N) is 3. The minimum Gasteiger partial charge on any atom is -0.356 e. The Morgan fingerprint density at radius 3 is 2.79 bits per heavy atom. The fraction of sp³-hybridized carbons (Fsp3) is 0.889. The molecule has 0 bridgehead atoms. The number of rotatable bonds is 4. The van der Waals surface area contributed by atoms with Crippen LogP contribution in [0.1, 0.15) is 19.3 Å². The van der Waals surface area contributed by atoms with Crippen molar-refractivity contribution in [2.24, 2.45) is 22.9 Å². The van der Waals surface area contributed by atoms with Crippen molar-refractivity contribution < 1.29 is 4.79 Å². The molecule has 0 saturated heterocycles. The molecule has 2 fully saturated rings. The molecule has 5 heteroatoms. The Morgan fingerprint density at radius 1 is 1.43 bits per heavy atom. The lowest BCUT2D eigenvalue weighted by Crippen LogP contribution is -2.31. The van der Waals surface area contributed by atoms with Crippen LogP contribution < -0.4 is 5.32 Å². The van der Waals surface area contributed by atoms with Crippen LogP contribution in [0.25, 0.3) is 10.4 Å². The molecule has 0 aliphatic heterocycles. The molecular weight excluding hydrogens is 180 g/mol. The zero-order valence-electron chi connectivity index (χ0n) is 8.02. The first-order valence-electron chi connectivity index (χ1n) is 5.10. The molecule has 0 aromatic carbocycles. The Labute approximate surface area is 82.5 Å². The van der Waals surface area contributed by atoms with E-state index in [1.807, 2.05) is 0 Å². The van der Waals surface area contributed by atoms with Crippen molar-refractivity contribution in [1.82, 2.24) is 5.32 Å². The highest BCUT2D eigenvalue weighted by molar-refractivity contribution is 5.79. The van der Waals surface area contributed by atoms with E-state index in [4.69, 9.17) is 5.53 Å². The third-order valence-corrected chi connectivity index (χ3v) is 3.19. The van der Waals surface area contributed by atoms with E-state index in [0.717, 1.165) is 24.7 Å². The normalized spacial score (nSPS) is 33.0. The number of carbonyl (C=O) groups excluding carboxylic acids is 1. The van der Waals surface area contributed by atoms with Crippen LogP contribution in [0.4, 0.5) is 0 Å². The molecule has 2 aliphatic rings. The van der Waals surface area contributed by atoms with Crippen LogP contribution in [0.15, 0.2) is 5.11 Å². The predicted molar refractivity (Wildman–Crippen MR) is 51.3 cm³/mol. The van der Waals surface area contributed by atoms with Gasteiger partial charge in [-0.1, -0.05) is 5.11 Å². The molecule has 2 atom stereocenters. The van der Waals surface area contributed by atoms with E-state index in [9.17, 15) is 4.79 Å². The van der Waals surface area contributed by atoms with Gasteiger partial charge in [0.2, 0.25) is 5.91 Å². The summed E-state index contributed by atoms with van der Waals surface area (Å²) in [5.41, 5.74) is 8.03. The molecule has 14 heavy (non-hydrogen) atoms. The second-order valence-electron chi connectivity index (χ2n) is 4.17. The first-order chi connectivity index (χ1) is 6.81. The summed E-state index contributed by atoms with van der Waals surface area (Å²) in [6, 6.07) is 0. The van der Waals surface area contributed by atoms with Crippen LogP contribution in [-0.4, -0.2) is 19.0 Å². The van der Waals surface area contributed by atoms with Gasteiger partial charge in [-0.15, -0.1) is 0 Å². The molecular formula is C9H14N4O. The van der Waals surface area contributed by atoms with Crippen LogP contribution in [-0.2, 0) is 4.79 Å². The molecule has 2 rings (SSSR count). The standard InChI is InChI=1S/C9H14N4O/c10-13-12-2-1-11-9(14)8-4-6-3-7(6)5-8/h6-8H,1-5H2,(H,11,14). The number of hydrogen-bond donors (Lipinski definition) is 1. The Balaban J connectivity index is 1.65. The lowest BCUT2D eigenvalue weighted by atomic mass is 10.0. The second-order valence-corrected chi connectivity index (χ2v) is 4.17. The van der Waals surface area contributed by atoms with Crippen LogP contribution in [0.3, 0.4) is 0 Å². The van der Waals surface area contributed by atoms with Gasteiger partial charge in [-0.2, -0.15) is 0 Å².